The van der Waals surface area contributed by atoms with E-state index in [4.69, 9.17) is 4.74 Å². The third kappa shape index (κ3) is 5.09. The van der Waals surface area contributed by atoms with Crippen molar-refractivity contribution in [2.24, 2.45) is 5.92 Å². The molecule has 1 saturated heterocycles. The number of carbonyl (C=O) groups excluding carboxylic acids is 2. The van der Waals surface area contributed by atoms with Crippen LogP contribution in [0.3, 0.4) is 0 Å². The van der Waals surface area contributed by atoms with Crippen LogP contribution in [0.5, 0.6) is 5.75 Å². The number of aryl methyl sites for hydroxylation is 1. The van der Waals surface area contributed by atoms with Crippen molar-refractivity contribution >= 4 is 11.8 Å². The third-order valence-electron chi connectivity index (χ3n) is 6.27. The molecule has 2 amide bonds. The first-order chi connectivity index (χ1) is 15.0. The van der Waals surface area contributed by atoms with Crippen LogP contribution in [0.15, 0.2) is 48.5 Å². The van der Waals surface area contributed by atoms with E-state index in [2.05, 4.69) is 31.3 Å². The normalized spacial score (nSPS) is 19.7. The Kier molecular flexibility index (Phi) is 7.72. The fourth-order valence-electron chi connectivity index (χ4n) is 4.59. The summed E-state index contributed by atoms with van der Waals surface area (Å²) in [5.74, 6) is 0.492. The largest absolute Gasteiger partial charge is 0.496 e. The highest BCUT2D eigenvalue weighted by molar-refractivity contribution is 5.85. The van der Waals surface area contributed by atoms with Gasteiger partial charge < -0.3 is 15.0 Å². The molecule has 5 heteroatoms. The molecule has 0 spiro atoms. The van der Waals surface area contributed by atoms with E-state index in [-0.39, 0.29) is 29.8 Å². The second-order valence-electron chi connectivity index (χ2n) is 8.36. The van der Waals surface area contributed by atoms with Crippen LogP contribution in [0.2, 0.25) is 0 Å². The van der Waals surface area contributed by atoms with Crippen molar-refractivity contribution in [1.29, 1.82) is 0 Å². The molecule has 31 heavy (non-hydrogen) atoms. The fourth-order valence-corrected chi connectivity index (χ4v) is 4.59. The number of hydrogen-bond donors (Lipinski definition) is 1. The van der Waals surface area contributed by atoms with E-state index in [0.29, 0.717) is 25.1 Å². The van der Waals surface area contributed by atoms with Crippen LogP contribution in [0.4, 0.5) is 0 Å². The summed E-state index contributed by atoms with van der Waals surface area (Å²) in [6.07, 6.45) is 2.83. The van der Waals surface area contributed by atoms with Gasteiger partial charge in [0.1, 0.15) is 5.75 Å². The second-order valence-corrected chi connectivity index (χ2v) is 8.36. The number of para-hydroxylation sites is 1. The molecular formula is C26H34N2O3. The second kappa shape index (κ2) is 10.5. The Bertz CT molecular complexity index is 911. The average molecular weight is 423 g/mol. The van der Waals surface area contributed by atoms with Gasteiger partial charge in [-0.05, 0) is 43.9 Å². The molecule has 0 aromatic heterocycles. The lowest BCUT2D eigenvalue weighted by atomic mass is 9.82. The Morgan fingerprint density at radius 1 is 1.19 bits per heavy atom. The minimum absolute atomic E-state index is 0.0133. The van der Waals surface area contributed by atoms with Gasteiger partial charge in [0.2, 0.25) is 11.8 Å². The summed E-state index contributed by atoms with van der Waals surface area (Å²) in [6, 6.07) is 15.4. The maximum absolute atomic E-state index is 13.5. The van der Waals surface area contributed by atoms with Crippen molar-refractivity contribution in [3.63, 3.8) is 0 Å². The lowest BCUT2D eigenvalue weighted by Gasteiger charge is -2.41. The van der Waals surface area contributed by atoms with Gasteiger partial charge in [0.25, 0.3) is 0 Å². The van der Waals surface area contributed by atoms with E-state index in [1.54, 1.807) is 7.11 Å². The van der Waals surface area contributed by atoms with Crippen molar-refractivity contribution < 1.29 is 14.3 Å². The molecule has 3 rings (SSSR count). The summed E-state index contributed by atoms with van der Waals surface area (Å²) < 4.78 is 5.61. The Hall–Kier alpha value is -2.82. The zero-order valence-corrected chi connectivity index (χ0v) is 19.1. The first-order valence-corrected chi connectivity index (χ1v) is 11.3. The molecule has 3 unspecified atom stereocenters. The molecular weight excluding hydrogens is 388 g/mol. The molecule has 5 nitrogen and oxygen atoms in total. The van der Waals surface area contributed by atoms with Gasteiger partial charge in [-0.2, -0.15) is 0 Å². The quantitative estimate of drug-likeness (QED) is 0.654. The Morgan fingerprint density at radius 3 is 2.61 bits per heavy atom. The fraction of sp³-hybridized carbons (Fsp3) is 0.462. The van der Waals surface area contributed by atoms with Crippen molar-refractivity contribution in [1.82, 2.24) is 10.2 Å². The number of ether oxygens (including phenoxy) is 1. The van der Waals surface area contributed by atoms with Gasteiger partial charge in [0.05, 0.1) is 25.1 Å². The van der Waals surface area contributed by atoms with Crippen LogP contribution < -0.4 is 10.1 Å². The van der Waals surface area contributed by atoms with E-state index >= 15 is 0 Å². The van der Waals surface area contributed by atoms with E-state index in [1.165, 1.54) is 0 Å². The minimum Gasteiger partial charge on any atom is -0.496 e. The summed E-state index contributed by atoms with van der Waals surface area (Å²) in [7, 11) is 1.63. The predicted octanol–water partition coefficient (Wildman–Crippen LogP) is 4.96. The summed E-state index contributed by atoms with van der Waals surface area (Å²) >= 11 is 0. The van der Waals surface area contributed by atoms with Gasteiger partial charge >= 0.3 is 0 Å². The van der Waals surface area contributed by atoms with Gasteiger partial charge in [0.15, 0.2) is 0 Å². The number of methoxy groups -OCH3 is 1. The Labute approximate surface area is 185 Å². The number of unbranched alkanes of at least 4 members (excludes halogenated alkanes) is 1. The van der Waals surface area contributed by atoms with Crippen molar-refractivity contribution in [3.05, 3.63) is 65.2 Å². The standard InChI is InChI=1S/C26H34N2O3/c1-5-6-17-28-24(29)16-15-22(25(28)21-13-9-10-14-23(21)31-4)26(30)27-19(3)20-12-8-7-11-18(20)2/h7-14,19,22,25H,5-6,15-17H2,1-4H3,(H,27,30). The first kappa shape index (κ1) is 22.9. The van der Waals surface area contributed by atoms with E-state index in [1.807, 2.05) is 48.2 Å². The maximum Gasteiger partial charge on any atom is 0.226 e. The highest BCUT2D eigenvalue weighted by Gasteiger charge is 2.41. The number of nitrogens with one attached hydrogen (secondary N) is 1. The van der Waals surface area contributed by atoms with Crippen LogP contribution in [-0.2, 0) is 9.59 Å². The monoisotopic (exact) mass is 422 g/mol. The summed E-state index contributed by atoms with van der Waals surface area (Å²) in [5.41, 5.74) is 3.16. The van der Waals surface area contributed by atoms with Gasteiger partial charge in [-0.25, -0.2) is 0 Å². The SMILES string of the molecule is CCCCN1C(=O)CCC(C(=O)NC(C)c2ccccc2C)C1c1ccccc1OC. The molecule has 0 saturated carbocycles. The average Bonchev–Trinajstić information content (AvgIpc) is 2.78. The third-order valence-corrected chi connectivity index (χ3v) is 6.27. The number of nitrogens with zero attached hydrogens (tertiary/aromatic N) is 1. The number of piperidine rings is 1. The molecule has 2 aromatic carbocycles. The van der Waals surface area contributed by atoms with Crippen LogP contribution >= 0.6 is 0 Å². The lowest BCUT2D eigenvalue weighted by Crippen LogP contribution is -2.48. The Morgan fingerprint density at radius 2 is 1.90 bits per heavy atom. The number of carbonyl (C=O) groups is 2. The van der Waals surface area contributed by atoms with Crippen molar-refractivity contribution in [2.75, 3.05) is 13.7 Å². The molecule has 1 heterocycles. The summed E-state index contributed by atoms with van der Waals surface area (Å²) in [4.78, 5) is 28.3. The smallest absolute Gasteiger partial charge is 0.226 e. The number of likely N-dealkylation sites (tertiary alicyclic amines) is 1. The molecule has 2 aromatic rings. The summed E-state index contributed by atoms with van der Waals surface area (Å²) in [5, 5.41) is 3.22. The highest BCUT2D eigenvalue weighted by atomic mass is 16.5. The number of amides is 2. The molecule has 1 N–H and O–H groups in total. The number of benzene rings is 2. The summed E-state index contributed by atoms with van der Waals surface area (Å²) in [6.45, 7) is 6.83. The van der Waals surface area contributed by atoms with Crippen molar-refractivity contribution in [2.45, 2.75) is 58.5 Å². The van der Waals surface area contributed by atoms with Crippen LogP contribution in [-0.4, -0.2) is 30.4 Å². The van der Waals surface area contributed by atoms with Crippen LogP contribution in [0.1, 0.15) is 68.3 Å². The van der Waals surface area contributed by atoms with Gasteiger partial charge in [-0.3, -0.25) is 9.59 Å². The number of rotatable bonds is 8. The topological polar surface area (TPSA) is 58.6 Å². The molecule has 1 aliphatic rings. The van der Waals surface area contributed by atoms with Crippen molar-refractivity contribution in [3.8, 4) is 5.75 Å². The van der Waals surface area contributed by atoms with Gasteiger partial charge in [0, 0.05) is 18.5 Å². The molecule has 1 aliphatic heterocycles. The lowest BCUT2D eigenvalue weighted by molar-refractivity contribution is -0.143. The molecule has 0 bridgehead atoms. The zero-order valence-electron chi connectivity index (χ0n) is 19.1. The maximum atomic E-state index is 13.5. The van der Waals surface area contributed by atoms with Crippen LogP contribution in [0, 0.1) is 12.8 Å². The molecule has 166 valence electrons. The van der Waals surface area contributed by atoms with E-state index < -0.39 is 0 Å². The Balaban J connectivity index is 1.93. The molecule has 1 fully saturated rings. The molecule has 0 radical (unpaired) electrons. The first-order valence-electron chi connectivity index (χ1n) is 11.3. The van der Waals surface area contributed by atoms with E-state index in [0.717, 1.165) is 29.5 Å². The van der Waals surface area contributed by atoms with Gasteiger partial charge in [-0.15, -0.1) is 0 Å². The van der Waals surface area contributed by atoms with Crippen LogP contribution in [0.25, 0.3) is 0 Å². The number of hydrogen-bond acceptors (Lipinski definition) is 3. The van der Waals surface area contributed by atoms with E-state index in [9.17, 15) is 9.59 Å². The zero-order chi connectivity index (χ0) is 22.4. The molecule has 3 atom stereocenters. The van der Waals surface area contributed by atoms with Gasteiger partial charge in [-0.1, -0.05) is 55.8 Å². The molecule has 0 aliphatic carbocycles. The predicted molar refractivity (Wildman–Crippen MR) is 123 cm³/mol. The highest BCUT2D eigenvalue weighted by Crippen LogP contribution is 2.41. The minimum atomic E-state index is -0.326.